The molecule has 0 saturated carbocycles. The minimum Gasteiger partial charge on any atom is -0.343 e. The van der Waals surface area contributed by atoms with E-state index in [-0.39, 0.29) is 15.7 Å². The van der Waals surface area contributed by atoms with Gasteiger partial charge in [-0.25, -0.2) is 0 Å². The molecule has 1 unspecified atom stereocenters. The summed E-state index contributed by atoms with van der Waals surface area (Å²) in [4.78, 5) is 10.4. The third kappa shape index (κ3) is 0.825. The lowest BCUT2D eigenvalue weighted by atomic mass is 10.8. The molecule has 7 heavy (non-hydrogen) atoms. The van der Waals surface area contributed by atoms with Crippen LogP contribution in [0.1, 0.15) is 0 Å². The second kappa shape index (κ2) is 1.66. The van der Waals surface area contributed by atoms with Crippen molar-refractivity contribution in [1.29, 1.82) is 0 Å². The van der Waals surface area contributed by atoms with Gasteiger partial charge in [0.25, 0.3) is 5.24 Å². The maximum atomic E-state index is 10.4. The SMILES string of the molecule is CS1=CCNC1=O. The Kier molecular flexibility index (Phi) is 1.15. The average Bonchev–Trinajstić information content (AvgIpc) is 1.91. The molecule has 1 atom stereocenters. The third-order valence-corrected chi connectivity index (χ3v) is 2.27. The van der Waals surface area contributed by atoms with Gasteiger partial charge < -0.3 is 5.32 Å². The van der Waals surface area contributed by atoms with E-state index in [9.17, 15) is 4.79 Å². The van der Waals surface area contributed by atoms with E-state index in [0.717, 1.165) is 6.54 Å². The van der Waals surface area contributed by atoms with Gasteiger partial charge in [0.15, 0.2) is 0 Å². The molecule has 1 aliphatic rings. The van der Waals surface area contributed by atoms with Gasteiger partial charge in [0.1, 0.15) is 0 Å². The van der Waals surface area contributed by atoms with Gasteiger partial charge in [-0.2, -0.15) is 0 Å². The van der Waals surface area contributed by atoms with E-state index in [1.807, 2.05) is 11.6 Å². The highest BCUT2D eigenvalue weighted by atomic mass is 32.2. The summed E-state index contributed by atoms with van der Waals surface area (Å²) in [6, 6.07) is 0. The van der Waals surface area contributed by atoms with Gasteiger partial charge in [0.05, 0.1) is 0 Å². The molecule has 3 heteroatoms. The smallest absolute Gasteiger partial charge is 0.273 e. The quantitative estimate of drug-likeness (QED) is 0.457. The zero-order valence-corrected chi connectivity index (χ0v) is 4.92. The lowest BCUT2D eigenvalue weighted by Crippen LogP contribution is -2.12. The molecule has 0 aromatic heterocycles. The predicted molar refractivity (Wildman–Crippen MR) is 33.0 cm³/mol. The van der Waals surface area contributed by atoms with Crippen LogP contribution in [0.3, 0.4) is 0 Å². The summed E-state index contributed by atoms with van der Waals surface area (Å²) in [5.41, 5.74) is 0. The van der Waals surface area contributed by atoms with E-state index in [0.29, 0.717) is 0 Å². The summed E-state index contributed by atoms with van der Waals surface area (Å²) < 4.78 is 0. The van der Waals surface area contributed by atoms with Crippen molar-refractivity contribution in [2.24, 2.45) is 0 Å². The van der Waals surface area contributed by atoms with E-state index < -0.39 is 0 Å². The van der Waals surface area contributed by atoms with Crippen molar-refractivity contribution in [2.75, 3.05) is 12.8 Å². The zero-order chi connectivity index (χ0) is 5.28. The fourth-order valence-electron chi connectivity index (χ4n) is 0.440. The van der Waals surface area contributed by atoms with Crippen molar-refractivity contribution < 1.29 is 4.79 Å². The van der Waals surface area contributed by atoms with E-state index in [2.05, 4.69) is 5.32 Å². The van der Waals surface area contributed by atoms with Crippen molar-refractivity contribution in [3.8, 4) is 0 Å². The monoisotopic (exact) mass is 117 g/mol. The van der Waals surface area contributed by atoms with Crippen LogP contribution in [0.15, 0.2) is 0 Å². The normalized spacial score (nSPS) is 29.3. The molecule has 0 aliphatic carbocycles. The third-order valence-electron chi connectivity index (χ3n) is 0.872. The number of nitrogens with one attached hydrogen (secondary N) is 1. The van der Waals surface area contributed by atoms with Crippen molar-refractivity contribution in [3.63, 3.8) is 0 Å². The minimum atomic E-state index is -0.0926. The zero-order valence-electron chi connectivity index (χ0n) is 4.10. The van der Waals surface area contributed by atoms with Crippen LogP contribution in [0.5, 0.6) is 0 Å². The molecule has 0 radical (unpaired) electrons. The highest BCUT2D eigenvalue weighted by Crippen LogP contribution is 2.08. The number of amides is 1. The van der Waals surface area contributed by atoms with E-state index >= 15 is 0 Å². The molecule has 0 spiro atoms. The molecule has 0 aromatic carbocycles. The van der Waals surface area contributed by atoms with Crippen molar-refractivity contribution >= 4 is 21.1 Å². The molecule has 40 valence electrons. The molecule has 1 heterocycles. The summed E-state index contributed by atoms with van der Waals surface area (Å²) in [7, 11) is -0.0926. The van der Waals surface area contributed by atoms with Crippen LogP contribution in [-0.2, 0) is 0 Å². The van der Waals surface area contributed by atoms with E-state index in [4.69, 9.17) is 0 Å². The number of carbonyl (C=O) groups excluding carboxylic acids is 1. The van der Waals surface area contributed by atoms with Gasteiger partial charge in [-0.05, 0) is 11.6 Å². The topological polar surface area (TPSA) is 29.1 Å². The summed E-state index contributed by atoms with van der Waals surface area (Å²) in [6.45, 7) is 0.762. The van der Waals surface area contributed by atoms with Crippen LogP contribution in [0, 0.1) is 0 Å². The molecular formula is C4H7NOS. The Hall–Kier alpha value is -0.310. The second-order valence-electron chi connectivity index (χ2n) is 1.39. The lowest BCUT2D eigenvalue weighted by Gasteiger charge is -1.86. The molecule has 1 rings (SSSR count). The van der Waals surface area contributed by atoms with Gasteiger partial charge in [0, 0.05) is 6.54 Å². The molecule has 1 amide bonds. The molecule has 0 aromatic rings. The first-order valence-electron chi connectivity index (χ1n) is 2.06. The van der Waals surface area contributed by atoms with Gasteiger partial charge in [-0.15, -0.1) is 10.5 Å². The molecule has 2 nitrogen and oxygen atoms in total. The van der Waals surface area contributed by atoms with E-state index in [1.54, 1.807) is 0 Å². The first-order valence-corrected chi connectivity index (χ1v) is 3.76. The number of rotatable bonds is 0. The minimum absolute atomic E-state index is 0.0926. The first kappa shape index (κ1) is 4.84. The molecule has 0 bridgehead atoms. The van der Waals surface area contributed by atoms with Crippen molar-refractivity contribution in [1.82, 2.24) is 5.32 Å². The Labute approximate surface area is 44.8 Å². The fourth-order valence-corrected chi connectivity index (χ4v) is 1.24. The maximum Gasteiger partial charge on any atom is 0.273 e. The van der Waals surface area contributed by atoms with Gasteiger partial charge in [-0.3, -0.25) is 4.79 Å². The Morgan fingerprint density at radius 2 is 2.71 bits per heavy atom. The Balaban J connectivity index is 2.72. The van der Waals surface area contributed by atoms with Crippen LogP contribution in [-0.4, -0.2) is 23.4 Å². The second-order valence-corrected chi connectivity index (χ2v) is 3.21. The first-order chi connectivity index (χ1) is 3.30. The van der Waals surface area contributed by atoms with Gasteiger partial charge in [0.2, 0.25) is 0 Å². The standard InChI is InChI=1S/C4H7NOS/c1-7-3-2-5-4(7)6/h3H,2H2,1H3,(H,5,6). The predicted octanol–water partition coefficient (Wildman–Crippen LogP) is 0.411. The molecule has 1 N–H and O–H groups in total. The summed E-state index contributed by atoms with van der Waals surface area (Å²) >= 11 is 0. The van der Waals surface area contributed by atoms with Gasteiger partial charge >= 0.3 is 0 Å². The molecule has 1 aliphatic heterocycles. The maximum absolute atomic E-state index is 10.4. The van der Waals surface area contributed by atoms with E-state index in [1.165, 1.54) is 0 Å². The van der Waals surface area contributed by atoms with Gasteiger partial charge in [-0.1, -0.05) is 0 Å². The Morgan fingerprint density at radius 1 is 2.00 bits per heavy atom. The van der Waals surface area contributed by atoms with Crippen LogP contribution < -0.4 is 5.32 Å². The van der Waals surface area contributed by atoms with Crippen LogP contribution >= 0.6 is 10.5 Å². The molecule has 0 saturated heterocycles. The fraction of sp³-hybridized carbons (Fsp3) is 0.500. The van der Waals surface area contributed by atoms with Crippen LogP contribution in [0.25, 0.3) is 0 Å². The molecular weight excluding hydrogens is 110 g/mol. The highest BCUT2D eigenvalue weighted by molar-refractivity contribution is 8.27. The lowest BCUT2D eigenvalue weighted by molar-refractivity contribution is 0.262. The number of carbonyl (C=O) groups is 1. The highest BCUT2D eigenvalue weighted by Gasteiger charge is 2.04. The van der Waals surface area contributed by atoms with Crippen LogP contribution in [0.4, 0.5) is 4.79 Å². The van der Waals surface area contributed by atoms with Crippen LogP contribution in [0.2, 0.25) is 0 Å². The average molecular weight is 117 g/mol. The van der Waals surface area contributed by atoms with Crippen molar-refractivity contribution in [3.05, 3.63) is 0 Å². The number of hydrogen-bond acceptors (Lipinski definition) is 1. The summed E-state index contributed by atoms with van der Waals surface area (Å²) in [5, 5.41) is 4.86. The Morgan fingerprint density at radius 3 is 2.86 bits per heavy atom. The molecule has 0 fully saturated rings. The summed E-state index contributed by atoms with van der Waals surface area (Å²) in [5.74, 6) is 0. The van der Waals surface area contributed by atoms with Crippen molar-refractivity contribution in [2.45, 2.75) is 0 Å². The number of hydrogen-bond donors (Lipinski definition) is 1. The summed E-state index contributed by atoms with van der Waals surface area (Å²) in [6.07, 6.45) is 1.92. The largest absolute Gasteiger partial charge is 0.343 e. The Bertz CT molecular complexity index is 130.